The Labute approximate surface area is 123 Å². The van der Waals surface area contributed by atoms with Crippen molar-refractivity contribution in [3.8, 4) is 0 Å². The van der Waals surface area contributed by atoms with E-state index < -0.39 is 0 Å². The first-order valence-corrected chi connectivity index (χ1v) is 6.23. The number of hydrogen-bond acceptors (Lipinski definition) is 3. The lowest BCUT2D eigenvalue weighted by Gasteiger charge is -2.30. The molecule has 0 radical (unpaired) electrons. The van der Waals surface area contributed by atoms with Gasteiger partial charge in [0, 0.05) is 6.04 Å². The SMILES string of the molecule is CC(C)C[C@H](N)C(=O)NC1CCN(C)CC1.Cl.Cl. The van der Waals surface area contributed by atoms with Crippen LogP contribution in [0.1, 0.15) is 33.1 Å². The van der Waals surface area contributed by atoms with Crippen molar-refractivity contribution in [3.05, 3.63) is 0 Å². The van der Waals surface area contributed by atoms with Crippen LogP contribution in [-0.4, -0.2) is 43.0 Å². The van der Waals surface area contributed by atoms with Crippen molar-refractivity contribution >= 4 is 30.7 Å². The third-order valence-corrected chi connectivity index (χ3v) is 3.13. The molecule has 0 bridgehead atoms. The summed E-state index contributed by atoms with van der Waals surface area (Å²) in [7, 11) is 2.11. The maximum atomic E-state index is 11.8. The normalized spacial score (nSPS) is 18.7. The van der Waals surface area contributed by atoms with E-state index in [4.69, 9.17) is 5.73 Å². The molecule has 1 rings (SSSR count). The van der Waals surface area contributed by atoms with Crippen LogP contribution in [0.3, 0.4) is 0 Å². The molecule has 4 nitrogen and oxygen atoms in total. The highest BCUT2D eigenvalue weighted by Gasteiger charge is 2.21. The van der Waals surface area contributed by atoms with Gasteiger partial charge < -0.3 is 16.0 Å². The predicted molar refractivity (Wildman–Crippen MR) is 80.6 cm³/mol. The van der Waals surface area contributed by atoms with E-state index in [1.54, 1.807) is 0 Å². The van der Waals surface area contributed by atoms with E-state index in [-0.39, 0.29) is 36.8 Å². The molecule has 1 aliphatic heterocycles. The highest BCUT2D eigenvalue weighted by Crippen LogP contribution is 2.09. The highest BCUT2D eigenvalue weighted by atomic mass is 35.5. The zero-order valence-corrected chi connectivity index (χ0v) is 13.1. The Morgan fingerprint density at radius 2 is 1.83 bits per heavy atom. The lowest BCUT2D eigenvalue weighted by molar-refractivity contribution is -0.123. The second kappa shape index (κ2) is 9.84. The summed E-state index contributed by atoms with van der Waals surface area (Å²) in [6.45, 7) is 6.29. The van der Waals surface area contributed by atoms with Gasteiger partial charge in [0.25, 0.3) is 0 Å². The number of halogens is 2. The summed E-state index contributed by atoms with van der Waals surface area (Å²) in [6, 6.07) is -0.0263. The van der Waals surface area contributed by atoms with Crippen LogP contribution < -0.4 is 11.1 Å². The van der Waals surface area contributed by atoms with Crippen LogP contribution in [0.4, 0.5) is 0 Å². The van der Waals surface area contributed by atoms with Crippen molar-refractivity contribution in [1.82, 2.24) is 10.2 Å². The van der Waals surface area contributed by atoms with Crippen LogP contribution in [0.5, 0.6) is 0 Å². The maximum Gasteiger partial charge on any atom is 0.237 e. The fourth-order valence-corrected chi connectivity index (χ4v) is 2.08. The number of carbonyl (C=O) groups excluding carboxylic acids is 1. The van der Waals surface area contributed by atoms with Crippen LogP contribution in [0.15, 0.2) is 0 Å². The Kier molecular flexibility index (Phi) is 11.1. The minimum atomic E-state index is -0.348. The molecule has 0 aromatic rings. The average Bonchev–Trinajstić information content (AvgIpc) is 2.20. The Morgan fingerprint density at radius 3 is 2.28 bits per heavy atom. The number of carbonyl (C=O) groups is 1. The van der Waals surface area contributed by atoms with Gasteiger partial charge in [-0.25, -0.2) is 0 Å². The van der Waals surface area contributed by atoms with Crippen LogP contribution in [0, 0.1) is 5.92 Å². The smallest absolute Gasteiger partial charge is 0.237 e. The number of hydrogen-bond donors (Lipinski definition) is 2. The van der Waals surface area contributed by atoms with Crippen molar-refractivity contribution in [3.63, 3.8) is 0 Å². The molecular weight excluding hydrogens is 273 g/mol. The van der Waals surface area contributed by atoms with Crippen LogP contribution >= 0.6 is 24.8 Å². The molecule has 18 heavy (non-hydrogen) atoms. The minimum Gasteiger partial charge on any atom is -0.352 e. The van der Waals surface area contributed by atoms with Gasteiger partial charge in [-0.15, -0.1) is 24.8 Å². The molecule has 1 heterocycles. The molecule has 1 amide bonds. The number of piperidine rings is 1. The molecule has 0 aliphatic carbocycles. The molecule has 1 aliphatic rings. The van der Waals surface area contributed by atoms with Crippen molar-refractivity contribution in [2.45, 2.75) is 45.2 Å². The monoisotopic (exact) mass is 299 g/mol. The summed E-state index contributed by atoms with van der Waals surface area (Å²) < 4.78 is 0. The number of likely N-dealkylation sites (tertiary alicyclic amines) is 1. The maximum absolute atomic E-state index is 11.8. The van der Waals surface area contributed by atoms with Gasteiger partial charge in [-0.05, 0) is 45.3 Å². The zero-order chi connectivity index (χ0) is 12.1. The predicted octanol–water partition coefficient (Wildman–Crippen LogP) is 1.41. The molecule has 0 aromatic heterocycles. The van der Waals surface area contributed by atoms with Gasteiger partial charge >= 0.3 is 0 Å². The Balaban J connectivity index is 0. The highest BCUT2D eigenvalue weighted by molar-refractivity contribution is 5.85. The van der Waals surface area contributed by atoms with Crippen LogP contribution in [0.2, 0.25) is 0 Å². The molecule has 0 unspecified atom stereocenters. The number of nitrogens with zero attached hydrogens (tertiary/aromatic N) is 1. The summed E-state index contributed by atoms with van der Waals surface area (Å²) in [5.74, 6) is 0.487. The van der Waals surface area contributed by atoms with E-state index in [1.165, 1.54) is 0 Å². The van der Waals surface area contributed by atoms with E-state index in [9.17, 15) is 4.79 Å². The molecule has 3 N–H and O–H groups in total. The molecule has 1 fully saturated rings. The van der Waals surface area contributed by atoms with Crippen molar-refractivity contribution in [1.29, 1.82) is 0 Å². The third-order valence-electron chi connectivity index (χ3n) is 3.13. The first kappa shape index (κ1) is 20.3. The van der Waals surface area contributed by atoms with Gasteiger partial charge in [-0.2, -0.15) is 0 Å². The van der Waals surface area contributed by atoms with E-state index in [0.717, 1.165) is 32.4 Å². The average molecular weight is 300 g/mol. The minimum absolute atomic E-state index is 0. The molecule has 0 spiro atoms. The second-order valence-corrected chi connectivity index (χ2v) is 5.32. The number of nitrogens with two attached hydrogens (primary N) is 1. The number of rotatable bonds is 4. The van der Waals surface area contributed by atoms with Crippen molar-refractivity contribution in [2.24, 2.45) is 11.7 Å². The number of nitrogens with one attached hydrogen (secondary N) is 1. The molecule has 110 valence electrons. The van der Waals surface area contributed by atoms with Crippen molar-refractivity contribution in [2.75, 3.05) is 20.1 Å². The summed E-state index contributed by atoms with van der Waals surface area (Å²) >= 11 is 0. The quantitative estimate of drug-likeness (QED) is 0.825. The lowest BCUT2D eigenvalue weighted by Crippen LogP contribution is -2.49. The van der Waals surface area contributed by atoms with Gasteiger partial charge in [0.05, 0.1) is 6.04 Å². The standard InChI is InChI=1S/C12H25N3O.2ClH/c1-9(2)8-11(13)12(16)14-10-4-6-15(3)7-5-10;;/h9-11H,4-8,13H2,1-3H3,(H,14,16);2*1H/t11-;;/m0../s1. The van der Waals surface area contributed by atoms with Gasteiger partial charge in [0.15, 0.2) is 0 Å². The Morgan fingerprint density at radius 1 is 1.33 bits per heavy atom. The first-order valence-electron chi connectivity index (χ1n) is 6.23. The number of amides is 1. The van der Waals surface area contributed by atoms with E-state index in [2.05, 4.69) is 31.1 Å². The Bertz CT molecular complexity index is 231. The summed E-state index contributed by atoms with van der Waals surface area (Å²) in [4.78, 5) is 14.1. The molecule has 0 saturated carbocycles. The summed E-state index contributed by atoms with van der Waals surface area (Å²) in [5.41, 5.74) is 5.84. The molecule has 1 saturated heterocycles. The molecule has 1 atom stereocenters. The lowest BCUT2D eigenvalue weighted by atomic mass is 10.0. The molecule has 0 aromatic carbocycles. The second-order valence-electron chi connectivity index (χ2n) is 5.32. The Hall–Kier alpha value is -0.0300. The summed E-state index contributed by atoms with van der Waals surface area (Å²) in [5, 5.41) is 3.05. The summed E-state index contributed by atoms with van der Waals surface area (Å²) in [6.07, 6.45) is 2.84. The van der Waals surface area contributed by atoms with Crippen molar-refractivity contribution < 1.29 is 4.79 Å². The van der Waals surface area contributed by atoms with Gasteiger partial charge in [0.2, 0.25) is 5.91 Å². The van der Waals surface area contributed by atoms with Crippen LogP contribution in [-0.2, 0) is 4.79 Å². The first-order chi connectivity index (χ1) is 7.49. The fraction of sp³-hybridized carbons (Fsp3) is 0.917. The third kappa shape index (κ3) is 7.41. The van der Waals surface area contributed by atoms with Crippen LogP contribution in [0.25, 0.3) is 0 Å². The van der Waals surface area contributed by atoms with E-state index >= 15 is 0 Å². The van der Waals surface area contributed by atoms with Gasteiger partial charge in [-0.3, -0.25) is 4.79 Å². The topological polar surface area (TPSA) is 58.4 Å². The van der Waals surface area contributed by atoms with E-state index in [0.29, 0.717) is 12.0 Å². The largest absolute Gasteiger partial charge is 0.352 e. The van der Waals surface area contributed by atoms with Gasteiger partial charge in [0.1, 0.15) is 0 Å². The fourth-order valence-electron chi connectivity index (χ4n) is 2.08. The molecular formula is C12H27Cl2N3O. The van der Waals surface area contributed by atoms with E-state index in [1.807, 2.05) is 0 Å². The molecule has 6 heteroatoms. The van der Waals surface area contributed by atoms with Gasteiger partial charge in [-0.1, -0.05) is 13.8 Å². The zero-order valence-electron chi connectivity index (χ0n) is 11.5.